The molecule has 0 unspecified atom stereocenters. The SMILES string of the molecule is CC(C)(C)[C@H](c1cc(-c2cc(F)ccc2F)cn1Cc1ccccc1)N(CC[C@H](N)C(=O)N[C@H](CCCCNC(=O)CN1C(=O)C=CC1=O)C(=O)O)C(=O)CO.O=C(O)C(F)(F)F. The molecule has 0 radical (unpaired) electrons. The van der Waals surface area contributed by atoms with Crippen molar-refractivity contribution in [2.24, 2.45) is 11.1 Å². The minimum absolute atomic E-state index is 0.00451. The fourth-order valence-corrected chi connectivity index (χ4v) is 6.53. The number of carbonyl (C=O) groups excluding carboxylic acids is 5. The van der Waals surface area contributed by atoms with Crippen molar-refractivity contribution in [2.75, 3.05) is 26.2 Å². The summed E-state index contributed by atoms with van der Waals surface area (Å²) >= 11 is 0. The summed E-state index contributed by atoms with van der Waals surface area (Å²) in [6.45, 7) is 4.64. The maximum atomic E-state index is 15.0. The van der Waals surface area contributed by atoms with Gasteiger partial charge in [-0.05, 0) is 60.9 Å². The molecule has 0 saturated carbocycles. The molecule has 1 aliphatic heterocycles. The normalized spacial score (nSPS) is 14.0. The fourth-order valence-electron chi connectivity index (χ4n) is 6.53. The number of nitrogens with one attached hydrogen (secondary N) is 2. The molecule has 0 fully saturated rings. The monoisotopic (exact) mass is 892 g/mol. The van der Waals surface area contributed by atoms with Crippen LogP contribution >= 0.6 is 0 Å². The molecule has 0 aliphatic carbocycles. The van der Waals surface area contributed by atoms with E-state index in [2.05, 4.69) is 10.6 Å². The van der Waals surface area contributed by atoms with Crippen molar-refractivity contribution < 1.29 is 70.8 Å². The lowest BCUT2D eigenvalue weighted by Crippen LogP contribution is -2.50. The van der Waals surface area contributed by atoms with Crippen LogP contribution in [0.4, 0.5) is 22.0 Å². The van der Waals surface area contributed by atoms with Crippen LogP contribution in [-0.4, -0.2) is 116 Å². The van der Waals surface area contributed by atoms with Crippen LogP contribution in [0, 0.1) is 17.0 Å². The van der Waals surface area contributed by atoms with Crippen molar-refractivity contribution >= 4 is 41.5 Å². The third-order valence-electron chi connectivity index (χ3n) is 9.55. The van der Waals surface area contributed by atoms with Crippen molar-refractivity contribution in [3.8, 4) is 11.1 Å². The number of hydrogen-bond acceptors (Lipinski definition) is 9. The molecule has 3 aromatic rings. The van der Waals surface area contributed by atoms with Crippen LogP contribution in [0.15, 0.2) is 72.9 Å². The first-order valence-corrected chi connectivity index (χ1v) is 19.4. The van der Waals surface area contributed by atoms with Gasteiger partial charge in [-0.1, -0.05) is 51.1 Å². The number of halogens is 5. The highest BCUT2D eigenvalue weighted by atomic mass is 19.4. The molecule has 0 bridgehead atoms. The number of imide groups is 1. The molecule has 7 N–H and O–H groups in total. The van der Waals surface area contributed by atoms with E-state index in [-0.39, 0.29) is 37.9 Å². The summed E-state index contributed by atoms with van der Waals surface area (Å²) in [5.41, 5.74) is 7.37. The molecular formula is C42H49F5N6O10. The second-order valence-electron chi connectivity index (χ2n) is 15.4. The number of aliphatic hydroxyl groups excluding tert-OH is 1. The lowest BCUT2D eigenvalue weighted by atomic mass is 9.82. The van der Waals surface area contributed by atoms with Gasteiger partial charge in [-0.15, -0.1) is 0 Å². The van der Waals surface area contributed by atoms with E-state index in [1.807, 2.05) is 55.7 Å². The van der Waals surface area contributed by atoms with Crippen molar-refractivity contribution in [2.45, 2.75) is 77.3 Å². The zero-order chi connectivity index (χ0) is 47.2. The molecule has 5 amide bonds. The van der Waals surface area contributed by atoms with E-state index in [9.17, 15) is 56.5 Å². The van der Waals surface area contributed by atoms with Crippen molar-refractivity contribution in [3.05, 3.63) is 95.8 Å². The van der Waals surface area contributed by atoms with E-state index in [1.165, 1.54) is 4.90 Å². The van der Waals surface area contributed by atoms with Gasteiger partial charge in [-0.25, -0.2) is 18.4 Å². The van der Waals surface area contributed by atoms with Crippen LogP contribution in [-0.2, 0) is 40.1 Å². The summed E-state index contributed by atoms with van der Waals surface area (Å²) in [7, 11) is 0. The predicted octanol–water partition coefficient (Wildman–Crippen LogP) is 3.52. The van der Waals surface area contributed by atoms with E-state index < -0.39 is 96.0 Å². The van der Waals surface area contributed by atoms with Gasteiger partial charge in [0.15, 0.2) is 0 Å². The number of unbranched alkanes of at least 4 members (excludes halogenated alkanes) is 1. The molecule has 4 rings (SSSR count). The van der Waals surface area contributed by atoms with Crippen molar-refractivity contribution in [1.82, 2.24) is 25.0 Å². The van der Waals surface area contributed by atoms with Crippen LogP contribution in [0.25, 0.3) is 11.1 Å². The Morgan fingerprint density at radius 1 is 0.889 bits per heavy atom. The Kier molecular flexibility index (Phi) is 18.2. The highest BCUT2D eigenvalue weighted by Crippen LogP contribution is 2.41. The molecule has 0 spiro atoms. The molecular weight excluding hydrogens is 843 g/mol. The summed E-state index contributed by atoms with van der Waals surface area (Å²) in [6, 6.07) is 10.9. The number of hydrogen-bond donors (Lipinski definition) is 6. The van der Waals surface area contributed by atoms with Gasteiger partial charge in [0.1, 0.15) is 30.8 Å². The largest absolute Gasteiger partial charge is 0.490 e. The number of nitrogens with two attached hydrogens (primary N) is 1. The quantitative estimate of drug-likeness (QED) is 0.0578. The summed E-state index contributed by atoms with van der Waals surface area (Å²) in [5, 5.41) is 32.0. The van der Waals surface area contributed by atoms with Crippen LogP contribution in [0.2, 0.25) is 0 Å². The number of carboxylic acids is 2. The molecule has 0 saturated heterocycles. The van der Waals surface area contributed by atoms with E-state index in [1.54, 1.807) is 12.3 Å². The Morgan fingerprint density at radius 3 is 2.06 bits per heavy atom. The topological polar surface area (TPSA) is 242 Å². The van der Waals surface area contributed by atoms with Gasteiger partial charge >= 0.3 is 18.1 Å². The van der Waals surface area contributed by atoms with E-state index >= 15 is 4.39 Å². The minimum Gasteiger partial charge on any atom is -0.480 e. The third kappa shape index (κ3) is 15.1. The second kappa shape index (κ2) is 22.6. The Balaban J connectivity index is 0.00000139. The molecule has 3 atom stereocenters. The molecule has 342 valence electrons. The zero-order valence-electron chi connectivity index (χ0n) is 34.5. The Labute approximate surface area is 358 Å². The first kappa shape index (κ1) is 50.9. The first-order valence-electron chi connectivity index (χ1n) is 19.4. The van der Waals surface area contributed by atoms with E-state index in [0.29, 0.717) is 24.2 Å². The Hall–Kier alpha value is -6.48. The smallest absolute Gasteiger partial charge is 0.480 e. The highest BCUT2D eigenvalue weighted by Gasteiger charge is 2.39. The number of aliphatic hydroxyl groups is 1. The van der Waals surface area contributed by atoms with Crippen LogP contribution < -0.4 is 16.4 Å². The number of aliphatic carboxylic acids is 2. The van der Waals surface area contributed by atoms with Gasteiger partial charge in [-0.2, -0.15) is 13.2 Å². The molecule has 2 heterocycles. The van der Waals surface area contributed by atoms with Crippen molar-refractivity contribution in [3.63, 3.8) is 0 Å². The molecule has 21 heteroatoms. The van der Waals surface area contributed by atoms with Gasteiger partial charge in [0.05, 0.1) is 12.1 Å². The number of benzene rings is 2. The van der Waals surface area contributed by atoms with Crippen LogP contribution in [0.3, 0.4) is 0 Å². The number of amides is 5. The second-order valence-corrected chi connectivity index (χ2v) is 15.4. The average molecular weight is 893 g/mol. The van der Waals surface area contributed by atoms with Gasteiger partial charge in [0.25, 0.3) is 11.8 Å². The third-order valence-corrected chi connectivity index (χ3v) is 9.55. The number of carbonyl (C=O) groups is 7. The number of rotatable bonds is 19. The van der Waals surface area contributed by atoms with Gasteiger partial charge in [0, 0.05) is 54.8 Å². The Bertz CT molecular complexity index is 2140. The van der Waals surface area contributed by atoms with E-state index in [0.717, 1.165) is 40.8 Å². The van der Waals surface area contributed by atoms with Gasteiger partial charge < -0.3 is 41.2 Å². The number of nitrogens with zero attached hydrogens (tertiary/aromatic N) is 3. The minimum atomic E-state index is -5.08. The van der Waals surface area contributed by atoms with Crippen molar-refractivity contribution in [1.29, 1.82) is 0 Å². The lowest BCUT2D eigenvalue weighted by Gasteiger charge is -2.41. The Morgan fingerprint density at radius 2 is 1.51 bits per heavy atom. The summed E-state index contributed by atoms with van der Waals surface area (Å²) in [5.74, 6) is -8.52. The molecule has 1 aromatic heterocycles. The molecule has 2 aromatic carbocycles. The predicted molar refractivity (Wildman–Crippen MR) is 215 cm³/mol. The highest BCUT2D eigenvalue weighted by molar-refractivity contribution is 6.14. The summed E-state index contributed by atoms with van der Waals surface area (Å²) < 4.78 is 62.9. The average Bonchev–Trinajstić information content (AvgIpc) is 3.76. The summed E-state index contributed by atoms with van der Waals surface area (Å²) in [6.07, 6.45) is -0.766. The first-order chi connectivity index (χ1) is 29.4. The number of aromatic nitrogens is 1. The molecule has 16 nitrogen and oxygen atoms in total. The van der Waals surface area contributed by atoms with Crippen LogP contribution in [0.1, 0.15) is 63.8 Å². The maximum absolute atomic E-state index is 15.0. The zero-order valence-corrected chi connectivity index (χ0v) is 34.5. The molecule has 63 heavy (non-hydrogen) atoms. The van der Waals surface area contributed by atoms with Gasteiger partial charge in [-0.3, -0.25) is 28.9 Å². The summed E-state index contributed by atoms with van der Waals surface area (Å²) in [4.78, 5) is 85.1. The lowest BCUT2D eigenvalue weighted by molar-refractivity contribution is -0.192. The fraction of sp³-hybridized carbons (Fsp3) is 0.405. The maximum Gasteiger partial charge on any atom is 0.490 e. The standard InChI is InChI=1S/C40H48F2N6O8.C2HF3O2/c1-40(2,3)37(32-19-26(28-20-27(41)12-13-29(28)42)22-46(32)21-25-9-5-4-6-10-25)47(36(53)24-49)18-16-30(43)38(54)45-31(39(55)56)11-7-8-17-44-33(50)23-48-34(51)14-15-35(48)52;3-2(4,5)1(6)7/h4-6,9-10,12-15,19-20,22,30-31,37,49H,7-8,11,16-18,21,23-24,43H2,1-3H3,(H,44,50)(H,45,54)(H,55,56);(H,6,7)/t30-,31+,37-;/m0./s1. The van der Waals surface area contributed by atoms with Gasteiger partial charge in [0.2, 0.25) is 17.7 Å². The van der Waals surface area contributed by atoms with Crippen LogP contribution in [0.5, 0.6) is 0 Å². The number of alkyl halides is 3. The molecule has 1 aliphatic rings. The number of carboxylic acid groups (broad SMARTS) is 2. The van der Waals surface area contributed by atoms with E-state index in [4.69, 9.17) is 15.6 Å².